The number of carbonyl (C=O) groups excluding carboxylic acids is 2. The van der Waals surface area contributed by atoms with Crippen LogP contribution < -0.4 is 10.2 Å². The second-order valence-corrected chi connectivity index (χ2v) is 7.90. The van der Waals surface area contributed by atoms with Crippen LogP contribution >= 0.6 is 11.8 Å². The first-order chi connectivity index (χ1) is 14.0. The summed E-state index contributed by atoms with van der Waals surface area (Å²) in [4.78, 5) is 26.2. The molecule has 1 aliphatic heterocycles. The molecule has 3 aromatic rings. The Morgan fingerprint density at radius 1 is 1.17 bits per heavy atom. The highest BCUT2D eigenvalue weighted by atomic mass is 32.2. The Kier molecular flexibility index (Phi) is 5.30. The number of para-hydroxylation sites is 2. The third kappa shape index (κ3) is 4.00. The summed E-state index contributed by atoms with van der Waals surface area (Å²) in [5, 5.41) is 15.1. The molecule has 8 nitrogen and oxygen atoms in total. The first kappa shape index (κ1) is 19.1. The van der Waals surface area contributed by atoms with Crippen molar-refractivity contribution in [3.05, 3.63) is 54.1 Å². The lowest BCUT2D eigenvalue weighted by Crippen LogP contribution is -2.43. The lowest BCUT2D eigenvalue weighted by molar-refractivity contribution is -0.120. The number of aromatic nitrogens is 4. The van der Waals surface area contributed by atoms with E-state index >= 15 is 0 Å². The van der Waals surface area contributed by atoms with E-state index in [1.165, 1.54) is 22.2 Å². The summed E-state index contributed by atoms with van der Waals surface area (Å²) < 4.78 is 1.61. The molecule has 29 heavy (non-hydrogen) atoms. The second kappa shape index (κ2) is 8.04. The van der Waals surface area contributed by atoms with Crippen molar-refractivity contribution in [3.63, 3.8) is 0 Å². The number of benzene rings is 2. The molecule has 2 aromatic carbocycles. The van der Waals surface area contributed by atoms with Crippen LogP contribution in [0.5, 0.6) is 0 Å². The van der Waals surface area contributed by atoms with E-state index in [-0.39, 0.29) is 24.1 Å². The Labute approximate surface area is 172 Å². The van der Waals surface area contributed by atoms with Crippen molar-refractivity contribution < 1.29 is 9.59 Å². The maximum Gasteiger partial charge on any atom is 0.244 e. The fourth-order valence-electron chi connectivity index (χ4n) is 3.09. The number of anilines is 2. The molecule has 1 aromatic heterocycles. The van der Waals surface area contributed by atoms with E-state index in [2.05, 4.69) is 34.7 Å². The standard InChI is InChI=1S/C20H20N6O2S/c1-13(2)14-7-9-15(10-8-14)26-20(22-23-24-26)29-12-19(28)25-11-18(27)21-16-5-3-4-6-17(16)25/h3-10,13H,11-12H2,1-2H3,(H,21,27). The molecule has 4 rings (SSSR count). The van der Waals surface area contributed by atoms with Gasteiger partial charge in [0.2, 0.25) is 17.0 Å². The molecule has 2 heterocycles. The molecular weight excluding hydrogens is 388 g/mol. The van der Waals surface area contributed by atoms with Crippen LogP contribution in [0.1, 0.15) is 25.3 Å². The summed E-state index contributed by atoms with van der Waals surface area (Å²) in [6.45, 7) is 4.27. The molecule has 0 saturated carbocycles. The minimum atomic E-state index is -0.211. The highest BCUT2D eigenvalue weighted by molar-refractivity contribution is 7.99. The quantitative estimate of drug-likeness (QED) is 0.653. The minimum absolute atomic E-state index is 0.00197. The Balaban J connectivity index is 1.49. The van der Waals surface area contributed by atoms with E-state index in [1.54, 1.807) is 10.7 Å². The normalized spacial score (nSPS) is 13.3. The summed E-state index contributed by atoms with van der Waals surface area (Å²) in [6.07, 6.45) is 0. The topological polar surface area (TPSA) is 93.0 Å². The SMILES string of the molecule is CC(C)c1ccc(-n2nnnc2SCC(=O)N2CC(=O)Nc3ccccc32)cc1. The molecule has 148 valence electrons. The van der Waals surface area contributed by atoms with Crippen LogP contribution in [0.4, 0.5) is 11.4 Å². The lowest BCUT2D eigenvalue weighted by atomic mass is 10.0. The average molecular weight is 408 g/mol. The van der Waals surface area contributed by atoms with Gasteiger partial charge in [0.05, 0.1) is 22.8 Å². The number of rotatable bonds is 5. The molecule has 0 bridgehead atoms. The third-order valence-corrected chi connectivity index (χ3v) is 5.55. The molecule has 0 unspecified atom stereocenters. The van der Waals surface area contributed by atoms with Gasteiger partial charge in [-0.3, -0.25) is 9.59 Å². The molecule has 0 aliphatic carbocycles. The summed E-state index contributed by atoms with van der Waals surface area (Å²) >= 11 is 1.24. The van der Waals surface area contributed by atoms with E-state index in [9.17, 15) is 9.59 Å². The summed E-state index contributed by atoms with van der Waals surface area (Å²) in [5.41, 5.74) is 3.39. The summed E-state index contributed by atoms with van der Waals surface area (Å²) in [5.74, 6) is 0.166. The van der Waals surface area contributed by atoms with E-state index in [1.807, 2.05) is 42.5 Å². The number of amides is 2. The van der Waals surface area contributed by atoms with Gasteiger partial charge in [-0.2, -0.15) is 4.68 Å². The second-order valence-electron chi connectivity index (χ2n) is 6.95. The predicted molar refractivity (Wildman–Crippen MR) is 111 cm³/mol. The third-order valence-electron chi connectivity index (χ3n) is 4.64. The smallest absolute Gasteiger partial charge is 0.244 e. The van der Waals surface area contributed by atoms with Crippen LogP contribution in [-0.2, 0) is 9.59 Å². The maximum atomic E-state index is 12.8. The zero-order chi connectivity index (χ0) is 20.4. The zero-order valence-electron chi connectivity index (χ0n) is 16.1. The maximum absolute atomic E-state index is 12.8. The van der Waals surface area contributed by atoms with Crippen molar-refractivity contribution in [2.24, 2.45) is 0 Å². The monoisotopic (exact) mass is 408 g/mol. The van der Waals surface area contributed by atoms with E-state index in [0.29, 0.717) is 22.4 Å². The van der Waals surface area contributed by atoms with Crippen molar-refractivity contribution in [1.29, 1.82) is 0 Å². The van der Waals surface area contributed by atoms with Crippen molar-refractivity contribution in [3.8, 4) is 5.69 Å². The number of tetrazole rings is 1. The minimum Gasteiger partial charge on any atom is -0.323 e. The largest absolute Gasteiger partial charge is 0.323 e. The van der Waals surface area contributed by atoms with Gasteiger partial charge < -0.3 is 10.2 Å². The van der Waals surface area contributed by atoms with Crippen molar-refractivity contribution in [1.82, 2.24) is 20.2 Å². The van der Waals surface area contributed by atoms with E-state index in [0.717, 1.165) is 5.69 Å². The van der Waals surface area contributed by atoms with Gasteiger partial charge in [-0.25, -0.2) is 0 Å². The van der Waals surface area contributed by atoms with E-state index in [4.69, 9.17) is 0 Å². The van der Waals surface area contributed by atoms with Crippen LogP contribution in [-0.4, -0.2) is 44.3 Å². The lowest BCUT2D eigenvalue weighted by Gasteiger charge is -2.28. The molecule has 0 saturated heterocycles. The number of hydrogen-bond donors (Lipinski definition) is 1. The van der Waals surface area contributed by atoms with Crippen LogP contribution in [0, 0.1) is 0 Å². The number of carbonyl (C=O) groups is 2. The number of nitrogens with one attached hydrogen (secondary N) is 1. The fraction of sp³-hybridized carbons (Fsp3) is 0.250. The van der Waals surface area contributed by atoms with Gasteiger partial charge in [0, 0.05) is 0 Å². The number of nitrogens with zero attached hydrogens (tertiary/aromatic N) is 5. The van der Waals surface area contributed by atoms with Crippen molar-refractivity contribution in [2.45, 2.75) is 24.9 Å². The first-order valence-electron chi connectivity index (χ1n) is 9.23. The molecule has 0 atom stereocenters. The fourth-order valence-corrected chi connectivity index (χ4v) is 3.86. The highest BCUT2D eigenvalue weighted by Gasteiger charge is 2.27. The van der Waals surface area contributed by atoms with E-state index < -0.39 is 0 Å². The van der Waals surface area contributed by atoms with Gasteiger partial charge in [0.15, 0.2) is 0 Å². The molecular formula is C20H20N6O2S. The number of hydrogen-bond acceptors (Lipinski definition) is 6. The predicted octanol–water partition coefficient (Wildman–Crippen LogP) is 2.86. The van der Waals surface area contributed by atoms with Crippen LogP contribution in [0.3, 0.4) is 0 Å². The number of fused-ring (bicyclic) bond motifs is 1. The molecule has 2 amide bonds. The van der Waals surface area contributed by atoms with Gasteiger partial charge in [0.1, 0.15) is 6.54 Å². The summed E-state index contributed by atoms with van der Waals surface area (Å²) in [6, 6.07) is 15.3. The molecule has 0 radical (unpaired) electrons. The van der Waals surface area contributed by atoms with Crippen LogP contribution in [0.2, 0.25) is 0 Å². The Morgan fingerprint density at radius 3 is 2.69 bits per heavy atom. The molecule has 0 spiro atoms. The van der Waals surface area contributed by atoms with Gasteiger partial charge >= 0.3 is 0 Å². The highest BCUT2D eigenvalue weighted by Crippen LogP contribution is 2.30. The molecule has 1 aliphatic rings. The average Bonchev–Trinajstić information content (AvgIpc) is 3.20. The van der Waals surface area contributed by atoms with Crippen LogP contribution in [0.15, 0.2) is 53.7 Å². The first-order valence-corrected chi connectivity index (χ1v) is 10.2. The Hall–Kier alpha value is -3.20. The summed E-state index contributed by atoms with van der Waals surface area (Å²) in [7, 11) is 0. The van der Waals surface area contributed by atoms with Gasteiger partial charge in [0.25, 0.3) is 0 Å². The molecule has 0 fully saturated rings. The van der Waals surface area contributed by atoms with Crippen molar-refractivity contribution >= 4 is 35.0 Å². The zero-order valence-corrected chi connectivity index (χ0v) is 16.9. The molecule has 1 N–H and O–H groups in total. The Morgan fingerprint density at radius 2 is 1.93 bits per heavy atom. The van der Waals surface area contributed by atoms with Gasteiger partial charge in [-0.05, 0) is 46.2 Å². The Bertz CT molecular complexity index is 1050. The van der Waals surface area contributed by atoms with Gasteiger partial charge in [-0.15, -0.1) is 5.10 Å². The van der Waals surface area contributed by atoms with Gasteiger partial charge in [-0.1, -0.05) is 49.9 Å². The number of thioether (sulfide) groups is 1. The van der Waals surface area contributed by atoms with Crippen LogP contribution in [0.25, 0.3) is 5.69 Å². The van der Waals surface area contributed by atoms with Crippen molar-refractivity contribution in [2.75, 3.05) is 22.5 Å². The molecule has 9 heteroatoms.